The number of carbonyl (C=O) groups excluding carboxylic acids is 1. The van der Waals surface area contributed by atoms with Gasteiger partial charge in [0.2, 0.25) is 5.91 Å². The number of hydrogen-bond donors (Lipinski definition) is 2. The lowest BCUT2D eigenvalue weighted by atomic mass is 10.1. The van der Waals surface area contributed by atoms with E-state index in [1.807, 2.05) is 13.8 Å². The molecule has 2 N–H and O–H groups in total. The highest BCUT2D eigenvalue weighted by molar-refractivity contribution is 5.92. The Labute approximate surface area is 112 Å². The zero-order valence-corrected chi connectivity index (χ0v) is 11.1. The molecule has 1 rings (SSSR count). The maximum absolute atomic E-state index is 11.8. The normalized spacial score (nSPS) is 12.3. The Morgan fingerprint density at radius 3 is 2.89 bits per heavy atom. The molecule has 0 aliphatic carbocycles. The van der Waals surface area contributed by atoms with Crippen LogP contribution in [0.25, 0.3) is 6.08 Å². The van der Waals surface area contributed by atoms with E-state index < -0.39 is 5.97 Å². The Hall–Kier alpha value is -2.17. The van der Waals surface area contributed by atoms with Crippen molar-refractivity contribution in [3.8, 4) is 0 Å². The lowest BCUT2D eigenvalue weighted by Gasteiger charge is -2.10. The van der Waals surface area contributed by atoms with Gasteiger partial charge in [-0.05, 0) is 30.2 Å². The van der Waals surface area contributed by atoms with Crippen LogP contribution < -0.4 is 5.32 Å². The number of amides is 1. The van der Waals surface area contributed by atoms with E-state index >= 15 is 0 Å². The molecule has 1 atom stereocenters. The van der Waals surface area contributed by atoms with Gasteiger partial charge in [-0.1, -0.05) is 20.3 Å². The van der Waals surface area contributed by atoms with Crippen LogP contribution in [0.15, 0.2) is 24.4 Å². The summed E-state index contributed by atoms with van der Waals surface area (Å²) in [6, 6.07) is 3.31. The Morgan fingerprint density at radius 1 is 1.53 bits per heavy atom. The average Bonchev–Trinajstić information content (AvgIpc) is 2.37. The fraction of sp³-hybridized carbons (Fsp3) is 0.357. The summed E-state index contributed by atoms with van der Waals surface area (Å²) in [5, 5.41) is 11.3. The fourth-order valence-electron chi connectivity index (χ4n) is 1.60. The number of carboxylic acids is 1. The monoisotopic (exact) mass is 262 g/mol. The molecule has 5 heteroatoms. The number of aliphatic carboxylic acids is 1. The van der Waals surface area contributed by atoms with Crippen LogP contribution in [-0.4, -0.2) is 22.0 Å². The third-order valence-electron chi connectivity index (χ3n) is 2.62. The van der Waals surface area contributed by atoms with Crippen molar-refractivity contribution in [2.24, 2.45) is 5.92 Å². The van der Waals surface area contributed by atoms with E-state index in [0.717, 1.165) is 18.9 Å². The molecule has 1 amide bonds. The summed E-state index contributed by atoms with van der Waals surface area (Å²) < 4.78 is 0. The number of nitrogens with one attached hydrogen (secondary N) is 1. The molecule has 0 radical (unpaired) electrons. The number of rotatable bonds is 6. The molecule has 0 aromatic carbocycles. The Bertz CT molecular complexity index is 483. The molecule has 0 aliphatic rings. The van der Waals surface area contributed by atoms with Crippen LogP contribution in [0.3, 0.4) is 0 Å². The Balaban J connectivity index is 2.72. The number of carbonyl (C=O) groups is 2. The maximum atomic E-state index is 11.8. The van der Waals surface area contributed by atoms with E-state index in [4.69, 9.17) is 5.11 Å². The standard InChI is InChI=1S/C14H18N2O3/c1-3-4-10(2)14(19)16-12-9-11(7-8-15-12)5-6-13(17)18/h5-10H,3-4H2,1-2H3,(H,17,18)(H,15,16,19)/b6-5+. The van der Waals surface area contributed by atoms with Crippen LogP contribution in [0.2, 0.25) is 0 Å². The Morgan fingerprint density at radius 2 is 2.26 bits per heavy atom. The first kappa shape index (κ1) is 14.9. The van der Waals surface area contributed by atoms with Crippen molar-refractivity contribution < 1.29 is 14.7 Å². The molecule has 5 nitrogen and oxygen atoms in total. The molecule has 0 saturated carbocycles. The van der Waals surface area contributed by atoms with Crippen LogP contribution in [0.1, 0.15) is 32.3 Å². The molecule has 1 unspecified atom stereocenters. The lowest BCUT2D eigenvalue weighted by Crippen LogP contribution is -2.20. The summed E-state index contributed by atoms with van der Waals surface area (Å²) in [6.45, 7) is 3.90. The predicted octanol–water partition coefficient (Wildman–Crippen LogP) is 2.55. The highest BCUT2D eigenvalue weighted by atomic mass is 16.4. The highest BCUT2D eigenvalue weighted by Gasteiger charge is 2.12. The Kier molecular flexibility index (Phi) is 5.73. The second-order valence-electron chi connectivity index (χ2n) is 4.32. The SMILES string of the molecule is CCCC(C)C(=O)Nc1cc(/C=C/C(=O)O)ccn1. The van der Waals surface area contributed by atoms with Gasteiger partial charge in [-0.3, -0.25) is 4.79 Å². The van der Waals surface area contributed by atoms with Gasteiger partial charge in [0, 0.05) is 18.2 Å². The summed E-state index contributed by atoms with van der Waals surface area (Å²) in [6.07, 6.45) is 5.80. The van der Waals surface area contributed by atoms with E-state index in [-0.39, 0.29) is 11.8 Å². The fourth-order valence-corrected chi connectivity index (χ4v) is 1.60. The van der Waals surface area contributed by atoms with Gasteiger partial charge in [-0.2, -0.15) is 0 Å². The summed E-state index contributed by atoms with van der Waals surface area (Å²) in [5.74, 6) is -0.724. The summed E-state index contributed by atoms with van der Waals surface area (Å²) >= 11 is 0. The van der Waals surface area contributed by atoms with E-state index in [1.54, 1.807) is 12.1 Å². The van der Waals surface area contributed by atoms with Gasteiger partial charge in [0.15, 0.2) is 0 Å². The van der Waals surface area contributed by atoms with E-state index in [9.17, 15) is 9.59 Å². The quantitative estimate of drug-likeness (QED) is 0.772. The van der Waals surface area contributed by atoms with Crippen molar-refractivity contribution in [1.82, 2.24) is 4.98 Å². The minimum absolute atomic E-state index is 0.0648. The molecule has 0 bridgehead atoms. The molecular formula is C14H18N2O3. The number of anilines is 1. The molecule has 19 heavy (non-hydrogen) atoms. The molecule has 0 fully saturated rings. The number of pyridine rings is 1. The van der Waals surface area contributed by atoms with Gasteiger partial charge in [-0.25, -0.2) is 9.78 Å². The third kappa shape index (κ3) is 5.33. The molecular weight excluding hydrogens is 244 g/mol. The number of aromatic nitrogens is 1. The van der Waals surface area contributed by atoms with Crippen molar-refractivity contribution in [2.45, 2.75) is 26.7 Å². The molecule has 0 spiro atoms. The van der Waals surface area contributed by atoms with E-state index in [0.29, 0.717) is 11.4 Å². The van der Waals surface area contributed by atoms with Crippen molar-refractivity contribution in [3.63, 3.8) is 0 Å². The first-order valence-electron chi connectivity index (χ1n) is 6.21. The predicted molar refractivity (Wildman–Crippen MR) is 73.6 cm³/mol. The molecule has 1 aromatic rings. The number of hydrogen-bond acceptors (Lipinski definition) is 3. The molecule has 102 valence electrons. The second kappa shape index (κ2) is 7.31. The summed E-state index contributed by atoms with van der Waals surface area (Å²) in [5.41, 5.74) is 0.677. The number of carboxylic acid groups (broad SMARTS) is 1. The smallest absolute Gasteiger partial charge is 0.328 e. The zero-order valence-electron chi connectivity index (χ0n) is 11.1. The van der Waals surface area contributed by atoms with E-state index in [2.05, 4.69) is 10.3 Å². The minimum Gasteiger partial charge on any atom is -0.478 e. The zero-order chi connectivity index (χ0) is 14.3. The van der Waals surface area contributed by atoms with Crippen molar-refractivity contribution >= 4 is 23.8 Å². The van der Waals surface area contributed by atoms with Crippen molar-refractivity contribution in [1.29, 1.82) is 0 Å². The van der Waals surface area contributed by atoms with Crippen LogP contribution in [0, 0.1) is 5.92 Å². The molecule has 1 aromatic heterocycles. The highest BCUT2D eigenvalue weighted by Crippen LogP contribution is 2.12. The minimum atomic E-state index is -1.01. The maximum Gasteiger partial charge on any atom is 0.328 e. The topological polar surface area (TPSA) is 79.3 Å². The third-order valence-corrected chi connectivity index (χ3v) is 2.62. The first-order chi connectivity index (χ1) is 9.02. The van der Waals surface area contributed by atoms with E-state index in [1.165, 1.54) is 12.3 Å². The average molecular weight is 262 g/mol. The molecule has 0 saturated heterocycles. The lowest BCUT2D eigenvalue weighted by molar-refractivity contribution is -0.131. The van der Waals surface area contributed by atoms with Gasteiger partial charge in [-0.15, -0.1) is 0 Å². The van der Waals surface area contributed by atoms with Crippen LogP contribution >= 0.6 is 0 Å². The largest absolute Gasteiger partial charge is 0.478 e. The van der Waals surface area contributed by atoms with Crippen LogP contribution in [0.4, 0.5) is 5.82 Å². The van der Waals surface area contributed by atoms with Gasteiger partial charge in [0.05, 0.1) is 0 Å². The first-order valence-corrected chi connectivity index (χ1v) is 6.21. The van der Waals surface area contributed by atoms with Crippen LogP contribution in [0.5, 0.6) is 0 Å². The van der Waals surface area contributed by atoms with Crippen LogP contribution in [-0.2, 0) is 9.59 Å². The second-order valence-corrected chi connectivity index (χ2v) is 4.32. The van der Waals surface area contributed by atoms with Gasteiger partial charge >= 0.3 is 5.97 Å². The van der Waals surface area contributed by atoms with Gasteiger partial charge in [0.25, 0.3) is 0 Å². The van der Waals surface area contributed by atoms with Gasteiger partial charge in [0.1, 0.15) is 5.82 Å². The van der Waals surface area contributed by atoms with Crippen molar-refractivity contribution in [2.75, 3.05) is 5.32 Å². The molecule has 1 heterocycles. The van der Waals surface area contributed by atoms with Crippen molar-refractivity contribution in [3.05, 3.63) is 30.0 Å². The van der Waals surface area contributed by atoms with Gasteiger partial charge < -0.3 is 10.4 Å². The summed E-state index contributed by atoms with van der Waals surface area (Å²) in [4.78, 5) is 26.3. The summed E-state index contributed by atoms with van der Waals surface area (Å²) in [7, 11) is 0. The number of nitrogens with zero attached hydrogens (tertiary/aromatic N) is 1. The molecule has 0 aliphatic heterocycles.